The second-order valence-corrected chi connectivity index (χ2v) is 6.82. The van der Waals surface area contributed by atoms with Gasteiger partial charge in [-0.05, 0) is 30.6 Å². The molecule has 2 aliphatic carbocycles. The van der Waals surface area contributed by atoms with Crippen molar-refractivity contribution in [1.29, 1.82) is 0 Å². The van der Waals surface area contributed by atoms with E-state index in [0.717, 1.165) is 17.8 Å². The summed E-state index contributed by atoms with van der Waals surface area (Å²) >= 11 is 0. The fraction of sp³-hybridized carbons (Fsp3) is 0.833. The van der Waals surface area contributed by atoms with Gasteiger partial charge in [-0.15, -0.1) is 0 Å². The molecule has 0 radical (unpaired) electrons. The highest BCUT2D eigenvalue weighted by atomic mass is 28.2. The van der Waals surface area contributed by atoms with Crippen LogP contribution in [0.3, 0.4) is 0 Å². The molecule has 2 nitrogen and oxygen atoms in total. The smallest absolute Gasteiger partial charge is 0.134 e. The molecule has 1 fully saturated rings. The van der Waals surface area contributed by atoms with Crippen molar-refractivity contribution in [2.75, 3.05) is 14.2 Å². The first-order valence-electron chi connectivity index (χ1n) is 6.07. The molecule has 0 spiro atoms. The Labute approximate surface area is 94.9 Å². The summed E-state index contributed by atoms with van der Waals surface area (Å²) in [6.07, 6.45) is 9.15. The quantitative estimate of drug-likeness (QED) is 0.390. The number of ether oxygens (including phenoxy) is 2. The van der Waals surface area contributed by atoms with Crippen LogP contribution in [0.1, 0.15) is 19.3 Å². The van der Waals surface area contributed by atoms with Gasteiger partial charge in [0.25, 0.3) is 0 Å². The van der Waals surface area contributed by atoms with Crippen LogP contribution in [-0.4, -0.2) is 29.7 Å². The van der Waals surface area contributed by atoms with Crippen molar-refractivity contribution >= 4 is 9.52 Å². The van der Waals surface area contributed by atoms with Gasteiger partial charge in [-0.3, -0.25) is 0 Å². The lowest BCUT2D eigenvalue weighted by atomic mass is 9.91. The van der Waals surface area contributed by atoms with E-state index in [1.54, 1.807) is 14.2 Å². The van der Waals surface area contributed by atoms with Gasteiger partial charge in [-0.1, -0.05) is 24.6 Å². The van der Waals surface area contributed by atoms with Crippen LogP contribution < -0.4 is 0 Å². The Morgan fingerprint density at radius 3 is 2.60 bits per heavy atom. The molecule has 0 N–H and O–H groups in total. The molecule has 0 aromatic rings. The van der Waals surface area contributed by atoms with E-state index in [4.69, 9.17) is 9.47 Å². The van der Waals surface area contributed by atoms with Crippen molar-refractivity contribution in [1.82, 2.24) is 0 Å². The maximum absolute atomic E-state index is 5.25. The molecule has 0 aromatic heterocycles. The van der Waals surface area contributed by atoms with E-state index >= 15 is 0 Å². The van der Waals surface area contributed by atoms with Crippen molar-refractivity contribution < 1.29 is 9.47 Å². The van der Waals surface area contributed by atoms with Gasteiger partial charge in [-0.25, -0.2) is 0 Å². The van der Waals surface area contributed by atoms with Crippen molar-refractivity contribution in [3.05, 3.63) is 12.2 Å². The minimum absolute atomic E-state index is 0.138. The summed E-state index contributed by atoms with van der Waals surface area (Å²) in [5.41, 5.74) is 0. The van der Waals surface area contributed by atoms with E-state index in [1.807, 2.05) is 0 Å². The second kappa shape index (κ2) is 5.28. The van der Waals surface area contributed by atoms with E-state index in [9.17, 15) is 0 Å². The molecule has 2 aliphatic rings. The standard InChI is InChI=1S/C12H22O2Si/c1-13-12(14-2)15-6-5-11-8-9-3-4-10(11)7-9/h3-4,9-12H,5-8,15H2,1-2H3. The van der Waals surface area contributed by atoms with E-state index in [0.29, 0.717) is 0 Å². The first-order valence-corrected chi connectivity index (χ1v) is 7.89. The zero-order chi connectivity index (χ0) is 10.7. The third kappa shape index (κ3) is 2.71. The van der Waals surface area contributed by atoms with E-state index in [1.165, 1.54) is 25.3 Å². The molecule has 1 saturated carbocycles. The van der Waals surface area contributed by atoms with Crippen LogP contribution in [0.25, 0.3) is 0 Å². The topological polar surface area (TPSA) is 18.5 Å². The lowest BCUT2D eigenvalue weighted by Gasteiger charge is -2.19. The van der Waals surface area contributed by atoms with Crippen molar-refractivity contribution in [2.24, 2.45) is 17.8 Å². The van der Waals surface area contributed by atoms with Gasteiger partial charge < -0.3 is 9.47 Å². The van der Waals surface area contributed by atoms with Gasteiger partial charge in [0.15, 0.2) is 0 Å². The van der Waals surface area contributed by atoms with Gasteiger partial charge >= 0.3 is 0 Å². The Hall–Kier alpha value is -0.123. The number of allylic oxidation sites excluding steroid dienone is 2. The first-order chi connectivity index (χ1) is 7.33. The molecule has 0 aliphatic heterocycles. The number of rotatable bonds is 6. The maximum atomic E-state index is 5.25. The molecule has 15 heavy (non-hydrogen) atoms. The Morgan fingerprint density at radius 2 is 2.07 bits per heavy atom. The van der Waals surface area contributed by atoms with Gasteiger partial charge in [0, 0.05) is 14.2 Å². The Kier molecular flexibility index (Phi) is 4.00. The summed E-state index contributed by atoms with van der Waals surface area (Å²) in [6.45, 7) is 0. The van der Waals surface area contributed by atoms with Crippen LogP contribution in [0, 0.1) is 17.8 Å². The number of fused-ring (bicyclic) bond motifs is 2. The third-order valence-electron chi connectivity index (χ3n) is 3.96. The minimum Gasteiger partial charge on any atom is -0.360 e. The van der Waals surface area contributed by atoms with E-state index < -0.39 is 0 Å². The monoisotopic (exact) mass is 226 g/mol. The average Bonchev–Trinajstić information content (AvgIpc) is 2.86. The molecule has 3 heteroatoms. The normalized spacial score (nSPS) is 33.9. The summed E-state index contributed by atoms with van der Waals surface area (Å²) in [7, 11) is 3.31. The highest BCUT2D eigenvalue weighted by molar-refractivity contribution is 6.36. The van der Waals surface area contributed by atoms with Crippen LogP contribution in [0.5, 0.6) is 0 Å². The third-order valence-corrected chi connectivity index (χ3v) is 5.91. The van der Waals surface area contributed by atoms with Gasteiger partial charge in [0.2, 0.25) is 0 Å². The van der Waals surface area contributed by atoms with Gasteiger partial charge in [-0.2, -0.15) is 0 Å². The zero-order valence-corrected chi connectivity index (χ0v) is 11.2. The predicted octanol–water partition coefficient (Wildman–Crippen LogP) is 1.75. The van der Waals surface area contributed by atoms with Gasteiger partial charge in [0.05, 0.1) is 9.52 Å². The predicted molar refractivity (Wildman–Crippen MR) is 64.6 cm³/mol. The summed E-state index contributed by atoms with van der Waals surface area (Å²) in [6, 6.07) is 1.37. The summed E-state index contributed by atoms with van der Waals surface area (Å²) in [5, 5.41) is 0. The summed E-state index contributed by atoms with van der Waals surface area (Å²) in [4.78, 5) is 0. The molecule has 2 rings (SSSR count). The van der Waals surface area contributed by atoms with Crippen LogP contribution in [0.15, 0.2) is 12.2 Å². The fourth-order valence-electron chi connectivity index (χ4n) is 3.11. The SMILES string of the molecule is COC(OC)[SiH2]CCC1CC2C=CC1C2. The molecular weight excluding hydrogens is 204 g/mol. The molecular formula is C12H22O2Si. The minimum atomic E-state index is -0.192. The lowest BCUT2D eigenvalue weighted by molar-refractivity contribution is -0.0442. The first kappa shape index (κ1) is 11.4. The van der Waals surface area contributed by atoms with Crippen LogP contribution in [-0.2, 0) is 9.47 Å². The Morgan fingerprint density at radius 1 is 1.27 bits per heavy atom. The summed E-state index contributed by atoms with van der Waals surface area (Å²) < 4.78 is 10.5. The highest BCUT2D eigenvalue weighted by Crippen LogP contribution is 2.45. The molecule has 2 bridgehead atoms. The molecule has 0 saturated heterocycles. The zero-order valence-electron chi connectivity index (χ0n) is 9.82. The largest absolute Gasteiger partial charge is 0.360 e. The lowest BCUT2D eigenvalue weighted by Crippen LogP contribution is -2.22. The molecule has 86 valence electrons. The van der Waals surface area contributed by atoms with E-state index in [-0.39, 0.29) is 15.4 Å². The van der Waals surface area contributed by atoms with Crippen molar-refractivity contribution in [3.63, 3.8) is 0 Å². The van der Waals surface area contributed by atoms with E-state index in [2.05, 4.69) is 12.2 Å². The average molecular weight is 226 g/mol. The molecule has 0 aromatic carbocycles. The molecule has 0 heterocycles. The Balaban J connectivity index is 1.64. The summed E-state index contributed by atoms with van der Waals surface area (Å²) in [5.74, 6) is 2.94. The number of methoxy groups -OCH3 is 2. The van der Waals surface area contributed by atoms with Crippen LogP contribution >= 0.6 is 0 Å². The van der Waals surface area contributed by atoms with Crippen LogP contribution in [0.4, 0.5) is 0 Å². The number of hydrogen-bond acceptors (Lipinski definition) is 2. The fourth-order valence-corrected chi connectivity index (χ4v) is 4.67. The second-order valence-electron chi connectivity index (χ2n) is 4.87. The van der Waals surface area contributed by atoms with Crippen molar-refractivity contribution in [3.8, 4) is 0 Å². The molecule has 0 amide bonds. The number of hydrogen-bond donors (Lipinski definition) is 0. The maximum Gasteiger partial charge on any atom is 0.134 e. The molecule has 3 atom stereocenters. The van der Waals surface area contributed by atoms with Gasteiger partial charge in [0.1, 0.15) is 5.91 Å². The van der Waals surface area contributed by atoms with Crippen LogP contribution in [0.2, 0.25) is 6.04 Å². The highest BCUT2D eigenvalue weighted by Gasteiger charge is 2.34. The Bertz CT molecular complexity index is 226. The molecule has 3 unspecified atom stereocenters. The van der Waals surface area contributed by atoms with Crippen molar-refractivity contribution in [2.45, 2.75) is 31.2 Å².